The van der Waals surface area contributed by atoms with E-state index >= 15 is 4.39 Å². The Bertz CT molecular complexity index is 2320. The van der Waals surface area contributed by atoms with Crippen LogP contribution in [-0.4, -0.2) is 19.0 Å². The van der Waals surface area contributed by atoms with E-state index in [0.717, 1.165) is 44.0 Å². The Morgan fingerprint density at radius 3 is 1.86 bits per heavy atom. The molecule has 56 heavy (non-hydrogen) atoms. The van der Waals surface area contributed by atoms with Crippen LogP contribution in [0.5, 0.6) is 0 Å². The van der Waals surface area contributed by atoms with Gasteiger partial charge in [0.15, 0.2) is 11.6 Å². The molecule has 0 bridgehead atoms. The summed E-state index contributed by atoms with van der Waals surface area (Å²) in [7, 11) is 0. The number of aryl methyl sites for hydroxylation is 2. The van der Waals surface area contributed by atoms with E-state index in [4.69, 9.17) is 4.74 Å². The number of carbonyl (C=O) groups is 1. The molecule has 0 saturated heterocycles. The number of halogens is 1. The molecule has 7 aromatic rings. The monoisotopic (exact) mass is 862 g/mol. The van der Waals surface area contributed by atoms with Crippen molar-refractivity contribution in [1.82, 2.24) is 0 Å². The van der Waals surface area contributed by atoms with Crippen molar-refractivity contribution >= 4 is 104 Å². The van der Waals surface area contributed by atoms with Gasteiger partial charge in [0, 0.05) is 83.9 Å². The van der Waals surface area contributed by atoms with Gasteiger partial charge in [-0.2, -0.15) is 0 Å². The molecule has 7 rings (SSSR count). The van der Waals surface area contributed by atoms with E-state index in [1.807, 2.05) is 59.2 Å². The topological polar surface area (TPSA) is 26.3 Å². The minimum Gasteiger partial charge on any atom is -0.381 e. The maximum Gasteiger partial charge on any atom is 0.178 e. The van der Waals surface area contributed by atoms with Crippen molar-refractivity contribution in [2.75, 3.05) is 13.2 Å². The minimum atomic E-state index is -0.365. The number of hydrogen-bond donors (Lipinski definition) is 0. The molecule has 2 unspecified atom stereocenters. The highest BCUT2D eigenvalue weighted by atomic mass is 32.1. The smallest absolute Gasteiger partial charge is 0.178 e. The number of fused-ring (bicyclic) bond motifs is 3. The summed E-state index contributed by atoms with van der Waals surface area (Å²) in [4.78, 5) is 23.6. The molecule has 0 saturated carbocycles. The van der Waals surface area contributed by atoms with Gasteiger partial charge in [0.25, 0.3) is 0 Å². The van der Waals surface area contributed by atoms with Crippen LogP contribution in [0.4, 0.5) is 4.39 Å². The first kappa shape index (κ1) is 41.9. The van der Waals surface area contributed by atoms with E-state index in [1.165, 1.54) is 118 Å². The minimum absolute atomic E-state index is 0.175. The zero-order valence-corrected chi connectivity index (χ0v) is 38.9. The molecule has 0 radical (unpaired) electrons. The summed E-state index contributed by atoms with van der Waals surface area (Å²) in [6.07, 6.45) is 12.6. The normalized spacial score (nSPS) is 13.2. The number of thiophene rings is 6. The van der Waals surface area contributed by atoms with Gasteiger partial charge < -0.3 is 4.74 Å². The summed E-state index contributed by atoms with van der Waals surface area (Å²) in [6, 6.07) is 14.3. The molecule has 2 atom stereocenters. The SMILES string of the molecule is CCCCC(CC)Cc1ccc(-c2c3cc(-c4sc(C)c5c(F)c(C(=O)CCOCC)sc45)sc3c(-c3ccc(CC(CC)CCCC)s3)c3cc(C)sc23)s1. The van der Waals surface area contributed by atoms with Crippen LogP contribution < -0.4 is 0 Å². The number of ether oxygens (including phenoxy) is 1. The maximum absolute atomic E-state index is 16.1. The molecule has 2 nitrogen and oxygen atoms in total. The number of benzene rings is 1. The van der Waals surface area contributed by atoms with E-state index in [1.54, 1.807) is 11.3 Å². The van der Waals surface area contributed by atoms with Crippen LogP contribution in [-0.2, 0) is 17.6 Å². The molecule has 0 aliphatic carbocycles. The van der Waals surface area contributed by atoms with Crippen molar-refractivity contribution in [3.63, 3.8) is 0 Å². The van der Waals surface area contributed by atoms with Crippen molar-refractivity contribution < 1.29 is 13.9 Å². The first-order valence-corrected chi connectivity index (χ1v) is 25.6. The average Bonchev–Trinajstić information content (AvgIpc) is 4.05. The van der Waals surface area contributed by atoms with Gasteiger partial charge in [-0.1, -0.05) is 79.1 Å². The lowest BCUT2D eigenvalue weighted by Gasteiger charge is -2.13. The quantitative estimate of drug-likeness (QED) is 0.0564. The number of unbranched alkanes of at least 4 members (excludes halogenated alkanes) is 2. The fraction of sp³-hybridized carbons (Fsp3) is 0.468. The summed E-state index contributed by atoms with van der Waals surface area (Å²) >= 11 is 10.7. The highest BCUT2D eigenvalue weighted by Crippen LogP contribution is 2.55. The number of ketones is 1. The second kappa shape index (κ2) is 18.8. The van der Waals surface area contributed by atoms with E-state index in [-0.39, 0.29) is 22.9 Å². The lowest BCUT2D eigenvalue weighted by molar-refractivity contribution is 0.0896. The summed E-state index contributed by atoms with van der Waals surface area (Å²) in [5.74, 6) is 0.894. The lowest BCUT2D eigenvalue weighted by atomic mass is 9.95. The molecule has 9 heteroatoms. The highest BCUT2D eigenvalue weighted by molar-refractivity contribution is 7.32. The Labute approximate surface area is 356 Å². The zero-order valence-electron chi connectivity index (χ0n) is 34.0. The summed E-state index contributed by atoms with van der Waals surface area (Å²) in [6.45, 7) is 16.3. The highest BCUT2D eigenvalue weighted by Gasteiger charge is 2.28. The number of carbonyl (C=O) groups excluding carboxylic acids is 1. The van der Waals surface area contributed by atoms with E-state index in [9.17, 15) is 4.79 Å². The maximum atomic E-state index is 16.1. The summed E-state index contributed by atoms with van der Waals surface area (Å²) in [5, 5.41) is 3.24. The second-order valence-electron chi connectivity index (χ2n) is 15.3. The van der Waals surface area contributed by atoms with Gasteiger partial charge in [-0.25, -0.2) is 4.39 Å². The molecule has 6 aromatic heterocycles. The van der Waals surface area contributed by atoms with Crippen LogP contribution in [0, 0.1) is 31.5 Å². The first-order valence-electron chi connectivity index (χ1n) is 20.7. The van der Waals surface area contributed by atoms with Crippen molar-refractivity contribution in [3.8, 4) is 30.6 Å². The number of hydrogen-bond acceptors (Lipinski definition) is 8. The molecule has 6 heterocycles. The van der Waals surface area contributed by atoms with Crippen LogP contribution in [0.1, 0.15) is 122 Å². The van der Waals surface area contributed by atoms with Crippen LogP contribution in [0.25, 0.3) is 60.9 Å². The summed E-state index contributed by atoms with van der Waals surface area (Å²) in [5.41, 5.74) is 2.68. The van der Waals surface area contributed by atoms with Crippen molar-refractivity contribution in [2.24, 2.45) is 11.8 Å². The molecule has 1 aromatic carbocycles. The van der Waals surface area contributed by atoms with Crippen molar-refractivity contribution in [3.05, 3.63) is 66.6 Å². The lowest BCUT2D eigenvalue weighted by Crippen LogP contribution is -2.04. The van der Waals surface area contributed by atoms with E-state index in [2.05, 4.69) is 71.0 Å². The zero-order chi connectivity index (χ0) is 39.5. The third-order valence-electron chi connectivity index (χ3n) is 11.3. The van der Waals surface area contributed by atoms with Gasteiger partial charge in [0.1, 0.15) is 4.88 Å². The third-order valence-corrected chi connectivity index (χ3v) is 18.4. The Kier molecular flexibility index (Phi) is 14.1. The number of rotatable bonds is 20. The molecule has 0 aliphatic heterocycles. The standard InChI is InChI=1S/C47H55FO2S6/c1-8-13-15-29(10-3)24-31-17-19-36(53-31)40-33-23-27(6)51-43(33)41(37-20-18-32(54-37)25-30(11-4)16-14-9-2)34-26-38(55-44(34)40)46-47-39(28(7)52-46)42(48)45(56-47)35(49)21-22-50-12-5/h17-20,23,26,29-30H,8-16,21-22,24-25H2,1-7H3. The van der Waals surface area contributed by atoms with Gasteiger partial charge in [-0.15, -0.1) is 68.0 Å². The van der Waals surface area contributed by atoms with E-state index < -0.39 is 0 Å². The Morgan fingerprint density at radius 2 is 1.29 bits per heavy atom. The predicted molar refractivity (Wildman–Crippen MR) is 251 cm³/mol. The van der Waals surface area contributed by atoms with Gasteiger partial charge in [-0.05, 0) is 81.8 Å². The van der Waals surface area contributed by atoms with E-state index in [0.29, 0.717) is 18.6 Å². The molecule has 298 valence electrons. The van der Waals surface area contributed by atoms with Gasteiger partial charge in [0.2, 0.25) is 0 Å². The van der Waals surface area contributed by atoms with Crippen LogP contribution in [0.15, 0.2) is 36.4 Å². The molecule has 0 aliphatic rings. The van der Waals surface area contributed by atoms with Crippen molar-refractivity contribution in [1.29, 1.82) is 0 Å². The summed E-state index contributed by atoms with van der Waals surface area (Å²) < 4.78 is 25.1. The van der Waals surface area contributed by atoms with Crippen LogP contribution in [0.2, 0.25) is 0 Å². The van der Waals surface area contributed by atoms with Gasteiger partial charge in [0.05, 0.1) is 16.2 Å². The van der Waals surface area contributed by atoms with Crippen molar-refractivity contribution in [2.45, 2.75) is 119 Å². The molecule has 0 spiro atoms. The molecular formula is C47H55FO2S6. The third kappa shape index (κ3) is 8.57. The van der Waals surface area contributed by atoms with Gasteiger partial charge >= 0.3 is 0 Å². The Hall–Kier alpha value is -2.24. The van der Waals surface area contributed by atoms with Crippen LogP contribution in [0.3, 0.4) is 0 Å². The first-order chi connectivity index (χ1) is 27.2. The molecular weight excluding hydrogens is 808 g/mol. The largest absolute Gasteiger partial charge is 0.381 e. The fourth-order valence-corrected chi connectivity index (χ4v) is 15.6. The van der Waals surface area contributed by atoms with Gasteiger partial charge in [-0.3, -0.25) is 4.79 Å². The molecule has 0 fully saturated rings. The molecule has 0 amide bonds. The fourth-order valence-electron chi connectivity index (χ4n) is 8.09. The second-order valence-corrected chi connectivity index (χ2v) is 22.2. The predicted octanol–water partition coefficient (Wildman–Crippen LogP) is 17.4. The Morgan fingerprint density at radius 1 is 0.696 bits per heavy atom. The molecule has 0 N–H and O–H groups in total. The Balaban J connectivity index is 1.40. The van der Waals surface area contributed by atoms with Crippen LogP contribution >= 0.6 is 68.0 Å². The average molecular weight is 863 g/mol. The number of Topliss-reactive ketones (excluding diaryl/α,β-unsaturated/α-hetero) is 1.